The summed E-state index contributed by atoms with van der Waals surface area (Å²) >= 11 is 0. The highest BCUT2D eigenvalue weighted by Gasteiger charge is 2.45. The van der Waals surface area contributed by atoms with E-state index in [4.69, 9.17) is 4.74 Å². The number of Topliss-reactive ketones (excluding diaryl/α,β-unsaturated/α-hetero) is 1. The van der Waals surface area contributed by atoms with Crippen molar-refractivity contribution in [3.05, 3.63) is 106 Å². The maximum atomic E-state index is 13.7. The second-order valence-electron chi connectivity index (χ2n) is 9.46. The van der Waals surface area contributed by atoms with Crippen LogP contribution in [0.25, 0.3) is 5.76 Å². The molecule has 192 valence electrons. The normalized spacial score (nSPS) is 17.0. The Labute approximate surface area is 216 Å². The van der Waals surface area contributed by atoms with Crippen LogP contribution in [0.3, 0.4) is 0 Å². The molecule has 3 aromatic carbocycles. The number of rotatable bonds is 9. The van der Waals surface area contributed by atoms with Gasteiger partial charge in [-0.15, -0.1) is 0 Å². The zero-order valence-corrected chi connectivity index (χ0v) is 21.3. The number of aliphatic hydroxyl groups excluding tert-OH is 1. The van der Waals surface area contributed by atoms with Crippen molar-refractivity contribution in [1.82, 2.24) is 9.80 Å². The monoisotopic (exact) mass is 502 g/mol. The molecule has 0 unspecified atom stereocenters. The SMILES string of the molecule is Cc1cc(/C(O)=C2\C(=O)C(=O)N(CCCN(C)C)[C@H]2c2ccc(F)cc2)ccc1OCc1ccccc1. The standard InChI is InChI=1S/C30H31FN2O4/c1-20-18-23(12-15-25(20)37-19-21-8-5-4-6-9-21)28(34)26-27(22-10-13-24(31)14-11-22)33(30(36)29(26)35)17-7-16-32(2)3/h4-6,8-15,18,27,34H,7,16-17,19H2,1-3H3/b28-26+/t27-/m0/s1. The number of hydrogen-bond acceptors (Lipinski definition) is 5. The van der Waals surface area contributed by atoms with Gasteiger partial charge in [-0.25, -0.2) is 4.39 Å². The van der Waals surface area contributed by atoms with Crippen LogP contribution >= 0.6 is 0 Å². The summed E-state index contributed by atoms with van der Waals surface area (Å²) in [5.41, 5.74) is 2.77. The number of carbonyl (C=O) groups is 2. The average molecular weight is 503 g/mol. The van der Waals surface area contributed by atoms with E-state index in [0.29, 0.717) is 36.4 Å². The number of benzene rings is 3. The van der Waals surface area contributed by atoms with Gasteiger partial charge in [0.1, 0.15) is 23.9 Å². The number of nitrogens with zero attached hydrogens (tertiary/aromatic N) is 2. The predicted octanol–water partition coefficient (Wildman–Crippen LogP) is 5.09. The lowest BCUT2D eigenvalue weighted by molar-refractivity contribution is -0.139. The number of amides is 1. The fraction of sp³-hybridized carbons (Fsp3) is 0.267. The quantitative estimate of drug-likeness (QED) is 0.251. The molecule has 3 aromatic rings. The Bertz CT molecular complexity index is 1300. The maximum Gasteiger partial charge on any atom is 0.295 e. The molecule has 0 aromatic heterocycles. The van der Waals surface area contributed by atoms with Crippen molar-refractivity contribution < 1.29 is 23.8 Å². The molecule has 1 heterocycles. The third-order valence-electron chi connectivity index (χ3n) is 6.42. The lowest BCUT2D eigenvalue weighted by Gasteiger charge is -2.26. The van der Waals surface area contributed by atoms with E-state index in [1.807, 2.05) is 56.3 Å². The lowest BCUT2D eigenvalue weighted by atomic mass is 9.94. The molecule has 1 N–H and O–H groups in total. The Morgan fingerprint density at radius 2 is 1.73 bits per heavy atom. The Morgan fingerprint density at radius 1 is 1.03 bits per heavy atom. The first-order chi connectivity index (χ1) is 17.8. The van der Waals surface area contributed by atoms with Gasteiger partial charge in [0.05, 0.1) is 11.6 Å². The molecule has 7 heteroatoms. The molecule has 37 heavy (non-hydrogen) atoms. The topological polar surface area (TPSA) is 70.1 Å². The highest BCUT2D eigenvalue weighted by molar-refractivity contribution is 6.46. The van der Waals surface area contributed by atoms with Crippen molar-refractivity contribution in [1.29, 1.82) is 0 Å². The van der Waals surface area contributed by atoms with Gasteiger partial charge in [0, 0.05) is 12.1 Å². The van der Waals surface area contributed by atoms with Crippen LogP contribution < -0.4 is 4.74 Å². The lowest BCUT2D eigenvalue weighted by Crippen LogP contribution is -2.32. The van der Waals surface area contributed by atoms with Gasteiger partial charge >= 0.3 is 0 Å². The Balaban J connectivity index is 1.67. The van der Waals surface area contributed by atoms with E-state index >= 15 is 0 Å². The summed E-state index contributed by atoms with van der Waals surface area (Å²) in [6, 6.07) is 19.8. The summed E-state index contributed by atoms with van der Waals surface area (Å²) in [5.74, 6) is -1.46. The second-order valence-corrected chi connectivity index (χ2v) is 9.46. The number of ether oxygens (including phenoxy) is 1. The molecular weight excluding hydrogens is 471 g/mol. The zero-order chi connectivity index (χ0) is 26.5. The Hall–Kier alpha value is -3.97. The minimum absolute atomic E-state index is 0.00110. The molecule has 0 bridgehead atoms. The Morgan fingerprint density at radius 3 is 2.38 bits per heavy atom. The van der Waals surface area contributed by atoms with Gasteiger partial charge in [-0.1, -0.05) is 42.5 Å². The molecule has 1 fully saturated rings. The van der Waals surface area contributed by atoms with Crippen molar-refractivity contribution in [2.45, 2.75) is 26.0 Å². The highest BCUT2D eigenvalue weighted by atomic mass is 19.1. The van der Waals surface area contributed by atoms with Gasteiger partial charge in [0.2, 0.25) is 0 Å². The molecule has 0 aliphatic carbocycles. The number of aliphatic hydroxyl groups is 1. The summed E-state index contributed by atoms with van der Waals surface area (Å²) in [4.78, 5) is 29.7. The maximum absolute atomic E-state index is 13.7. The number of halogens is 1. The summed E-state index contributed by atoms with van der Waals surface area (Å²) < 4.78 is 19.6. The van der Waals surface area contributed by atoms with Crippen LogP contribution in [0.1, 0.15) is 34.7 Å². The molecule has 1 saturated heterocycles. The molecule has 0 spiro atoms. The van der Waals surface area contributed by atoms with Gasteiger partial charge in [0.25, 0.3) is 11.7 Å². The van der Waals surface area contributed by atoms with E-state index in [0.717, 1.165) is 17.7 Å². The van der Waals surface area contributed by atoms with Gasteiger partial charge in [-0.05, 0) is 81.0 Å². The number of hydrogen-bond donors (Lipinski definition) is 1. The summed E-state index contributed by atoms with van der Waals surface area (Å²) in [7, 11) is 3.86. The van der Waals surface area contributed by atoms with Crippen LogP contribution in [0.5, 0.6) is 5.75 Å². The smallest absolute Gasteiger partial charge is 0.295 e. The van der Waals surface area contributed by atoms with Crippen LogP contribution in [0.2, 0.25) is 0 Å². The number of likely N-dealkylation sites (tertiary alicyclic amines) is 1. The fourth-order valence-electron chi connectivity index (χ4n) is 4.51. The molecule has 4 rings (SSSR count). The van der Waals surface area contributed by atoms with Crippen molar-refractivity contribution >= 4 is 17.4 Å². The number of carbonyl (C=O) groups excluding carboxylic acids is 2. The minimum Gasteiger partial charge on any atom is -0.507 e. The first-order valence-corrected chi connectivity index (χ1v) is 12.2. The van der Waals surface area contributed by atoms with Gasteiger partial charge in [-0.3, -0.25) is 9.59 Å². The van der Waals surface area contributed by atoms with Crippen molar-refractivity contribution in [3.8, 4) is 5.75 Å². The van der Waals surface area contributed by atoms with E-state index in [1.165, 1.54) is 17.0 Å². The van der Waals surface area contributed by atoms with E-state index < -0.39 is 23.5 Å². The Kier molecular flexibility index (Phi) is 8.04. The van der Waals surface area contributed by atoms with Gasteiger partial charge in [-0.2, -0.15) is 0 Å². The molecular formula is C30H31FN2O4. The van der Waals surface area contributed by atoms with Crippen LogP contribution in [0, 0.1) is 12.7 Å². The summed E-state index contributed by atoms with van der Waals surface area (Å²) in [6.07, 6.45) is 0.643. The first-order valence-electron chi connectivity index (χ1n) is 12.2. The van der Waals surface area contributed by atoms with Crippen LogP contribution in [-0.2, 0) is 16.2 Å². The molecule has 1 aliphatic rings. The van der Waals surface area contributed by atoms with Crippen LogP contribution in [0.4, 0.5) is 4.39 Å². The van der Waals surface area contributed by atoms with Crippen LogP contribution in [-0.4, -0.2) is 53.8 Å². The van der Waals surface area contributed by atoms with Crippen LogP contribution in [0.15, 0.2) is 78.4 Å². The molecule has 0 radical (unpaired) electrons. The van der Waals surface area contributed by atoms with Crippen molar-refractivity contribution in [2.75, 3.05) is 27.2 Å². The van der Waals surface area contributed by atoms with Crippen molar-refractivity contribution in [3.63, 3.8) is 0 Å². The second kappa shape index (κ2) is 11.4. The summed E-state index contributed by atoms with van der Waals surface area (Å²) in [6.45, 7) is 3.31. The molecule has 1 atom stereocenters. The summed E-state index contributed by atoms with van der Waals surface area (Å²) in [5, 5.41) is 11.3. The third kappa shape index (κ3) is 5.89. The third-order valence-corrected chi connectivity index (χ3v) is 6.42. The largest absolute Gasteiger partial charge is 0.507 e. The van der Waals surface area contributed by atoms with Gasteiger partial charge < -0.3 is 19.6 Å². The van der Waals surface area contributed by atoms with E-state index in [9.17, 15) is 19.1 Å². The molecule has 6 nitrogen and oxygen atoms in total. The average Bonchev–Trinajstić information content (AvgIpc) is 3.13. The van der Waals surface area contributed by atoms with Gasteiger partial charge in [0.15, 0.2) is 0 Å². The minimum atomic E-state index is -0.808. The van der Waals surface area contributed by atoms with E-state index in [-0.39, 0.29) is 11.3 Å². The van der Waals surface area contributed by atoms with E-state index in [2.05, 4.69) is 0 Å². The highest BCUT2D eigenvalue weighted by Crippen LogP contribution is 2.40. The fourth-order valence-corrected chi connectivity index (χ4v) is 4.51. The molecule has 1 aliphatic heterocycles. The molecule has 0 saturated carbocycles. The van der Waals surface area contributed by atoms with Crippen molar-refractivity contribution in [2.24, 2.45) is 0 Å². The zero-order valence-electron chi connectivity index (χ0n) is 21.3. The first kappa shape index (κ1) is 26.1. The number of aryl methyl sites for hydroxylation is 1. The predicted molar refractivity (Wildman–Crippen MR) is 141 cm³/mol. The van der Waals surface area contributed by atoms with E-state index in [1.54, 1.807) is 30.3 Å². The number of ketones is 1. The molecule has 1 amide bonds.